The lowest BCUT2D eigenvalue weighted by Crippen LogP contribution is -2.27. The standard InChI is InChI=1S/C16H26FN3/c1-4-18-12-13-6-9-19-15(14(13)17)20-10-5-7-16(2,3)8-11-20/h6,9,18H,4-5,7-8,10-12H2,1-3H3. The number of halogens is 1. The van der Waals surface area contributed by atoms with E-state index in [4.69, 9.17) is 0 Å². The van der Waals surface area contributed by atoms with Gasteiger partial charge in [0.05, 0.1) is 0 Å². The molecule has 1 fully saturated rings. The van der Waals surface area contributed by atoms with E-state index in [-0.39, 0.29) is 5.82 Å². The molecule has 0 unspecified atom stereocenters. The Hall–Kier alpha value is -1.16. The summed E-state index contributed by atoms with van der Waals surface area (Å²) in [6.45, 7) is 9.81. The van der Waals surface area contributed by atoms with Gasteiger partial charge in [-0.1, -0.05) is 20.8 Å². The Balaban J connectivity index is 2.15. The van der Waals surface area contributed by atoms with E-state index < -0.39 is 0 Å². The molecule has 1 aromatic rings. The Morgan fingerprint density at radius 2 is 2.15 bits per heavy atom. The molecule has 1 aliphatic heterocycles. The SMILES string of the molecule is CCNCc1ccnc(N2CCCC(C)(C)CC2)c1F. The summed E-state index contributed by atoms with van der Waals surface area (Å²) in [6, 6.07) is 1.77. The topological polar surface area (TPSA) is 28.2 Å². The van der Waals surface area contributed by atoms with Crippen molar-refractivity contribution >= 4 is 5.82 Å². The van der Waals surface area contributed by atoms with E-state index in [0.29, 0.717) is 23.3 Å². The van der Waals surface area contributed by atoms with Crippen molar-refractivity contribution in [3.63, 3.8) is 0 Å². The molecule has 20 heavy (non-hydrogen) atoms. The Bertz CT molecular complexity index is 445. The predicted octanol–water partition coefficient (Wildman–Crippen LogP) is 3.35. The zero-order valence-corrected chi connectivity index (χ0v) is 12.9. The number of hydrogen-bond acceptors (Lipinski definition) is 3. The van der Waals surface area contributed by atoms with Crippen LogP contribution in [0.4, 0.5) is 10.2 Å². The van der Waals surface area contributed by atoms with Crippen LogP contribution in [-0.2, 0) is 6.54 Å². The van der Waals surface area contributed by atoms with E-state index in [1.807, 2.05) is 6.92 Å². The molecule has 0 spiro atoms. The van der Waals surface area contributed by atoms with Gasteiger partial charge in [-0.2, -0.15) is 0 Å². The van der Waals surface area contributed by atoms with Gasteiger partial charge in [-0.3, -0.25) is 0 Å². The molecule has 3 nitrogen and oxygen atoms in total. The molecule has 0 saturated carbocycles. The van der Waals surface area contributed by atoms with Crippen LogP contribution >= 0.6 is 0 Å². The van der Waals surface area contributed by atoms with Crippen molar-refractivity contribution in [2.24, 2.45) is 5.41 Å². The lowest BCUT2D eigenvalue weighted by Gasteiger charge is -2.24. The minimum Gasteiger partial charge on any atom is -0.354 e. The maximum Gasteiger partial charge on any atom is 0.170 e. The second-order valence-corrected chi connectivity index (χ2v) is 6.39. The first-order valence-electron chi connectivity index (χ1n) is 7.62. The number of pyridine rings is 1. The van der Waals surface area contributed by atoms with Crippen LogP contribution in [0.15, 0.2) is 12.3 Å². The second-order valence-electron chi connectivity index (χ2n) is 6.39. The minimum atomic E-state index is -0.159. The highest BCUT2D eigenvalue weighted by molar-refractivity contribution is 5.43. The number of anilines is 1. The minimum absolute atomic E-state index is 0.159. The molecule has 1 N–H and O–H groups in total. The van der Waals surface area contributed by atoms with Gasteiger partial charge in [0.1, 0.15) is 0 Å². The molecular weight excluding hydrogens is 253 g/mol. The highest BCUT2D eigenvalue weighted by atomic mass is 19.1. The number of nitrogens with one attached hydrogen (secondary N) is 1. The maximum absolute atomic E-state index is 14.6. The molecule has 0 atom stereocenters. The summed E-state index contributed by atoms with van der Waals surface area (Å²) in [7, 11) is 0. The van der Waals surface area contributed by atoms with Crippen LogP contribution in [0.5, 0.6) is 0 Å². The molecule has 2 heterocycles. The van der Waals surface area contributed by atoms with Gasteiger partial charge in [-0.25, -0.2) is 9.37 Å². The van der Waals surface area contributed by atoms with Crippen LogP contribution in [0.3, 0.4) is 0 Å². The van der Waals surface area contributed by atoms with Crippen molar-refractivity contribution in [3.05, 3.63) is 23.6 Å². The quantitative estimate of drug-likeness (QED) is 0.916. The number of nitrogens with zero attached hydrogens (tertiary/aromatic N) is 2. The van der Waals surface area contributed by atoms with Gasteiger partial charge in [0.2, 0.25) is 0 Å². The normalized spacial score (nSPS) is 18.9. The highest BCUT2D eigenvalue weighted by Crippen LogP contribution is 2.32. The molecular formula is C16H26FN3. The van der Waals surface area contributed by atoms with Gasteiger partial charge in [0.25, 0.3) is 0 Å². The van der Waals surface area contributed by atoms with Crippen molar-refractivity contribution in [1.82, 2.24) is 10.3 Å². The van der Waals surface area contributed by atoms with Crippen LogP contribution < -0.4 is 10.2 Å². The molecule has 4 heteroatoms. The largest absolute Gasteiger partial charge is 0.354 e. The van der Waals surface area contributed by atoms with Gasteiger partial charge in [0, 0.05) is 31.4 Å². The predicted molar refractivity (Wildman–Crippen MR) is 81.4 cm³/mol. The summed E-state index contributed by atoms with van der Waals surface area (Å²) in [5.41, 5.74) is 1.06. The first-order valence-corrected chi connectivity index (χ1v) is 7.62. The fourth-order valence-electron chi connectivity index (χ4n) is 2.72. The average molecular weight is 279 g/mol. The summed E-state index contributed by atoms with van der Waals surface area (Å²) < 4.78 is 14.6. The van der Waals surface area contributed by atoms with Crippen molar-refractivity contribution in [1.29, 1.82) is 0 Å². The van der Waals surface area contributed by atoms with E-state index in [1.54, 1.807) is 12.3 Å². The Morgan fingerprint density at radius 1 is 1.35 bits per heavy atom. The van der Waals surface area contributed by atoms with E-state index in [9.17, 15) is 4.39 Å². The van der Waals surface area contributed by atoms with Gasteiger partial charge in [-0.15, -0.1) is 0 Å². The van der Waals surface area contributed by atoms with Crippen LogP contribution in [0, 0.1) is 11.2 Å². The van der Waals surface area contributed by atoms with E-state index in [0.717, 1.165) is 32.5 Å². The third-order valence-corrected chi connectivity index (χ3v) is 4.16. The lowest BCUT2D eigenvalue weighted by molar-refractivity contribution is 0.325. The third kappa shape index (κ3) is 3.69. The van der Waals surface area contributed by atoms with Crippen molar-refractivity contribution in [2.45, 2.75) is 46.6 Å². The summed E-state index contributed by atoms with van der Waals surface area (Å²) in [4.78, 5) is 6.39. The first-order chi connectivity index (χ1) is 9.53. The number of hydrogen-bond donors (Lipinski definition) is 1. The van der Waals surface area contributed by atoms with Gasteiger partial charge >= 0.3 is 0 Å². The lowest BCUT2D eigenvalue weighted by atomic mass is 9.85. The highest BCUT2D eigenvalue weighted by Gasteiger charge is 2.25. The Labute approximate surface area is 121 Å². The van der Waals surface area contributed by atoms with E-state index in [2.05, 4.69) is 29.0 Å². The van der Waals surface area contributed by atoms with Crippen LogP contribution in [0.2, 0.25) is 0 Å². The summed E-state index contributed by atoms with van der Waals surface area (Å²) in [6.07, 6.45) is 5.11. The Morgan fingerprint density at radius 3 is 2.90 bits per heavy atom. The first kappa shape index (κ1) is 15.2. The van der Waals surface area contributed by atoms with Gasteiger partial charge in [-0.05, 0) is 37.3 Å². The molecule has 0 aromatic carbocycles. The summed E-state index contributed by atoms with van der Waals surface area (Å²) in [5, 5.41) is 3.17. The fraction of sp³-hybridized carbons (Fsp3) is 0.688. The van der Waals surface area contributed by atoms with E-state index >= 15 is 0 Å². The van der Waals surface area contributed by atoms with Crippen molar-refractivity contribution in [3.8, 4) is 0 Å². The molecule has 112 valence electrons. The van der Waals surface area contributed by atoms with Crippen LogP contribution in [0.25, 0.3) is 0 Å². The fourth-order valence-corrected chi connectivity index (χ4v) is 2.72. The molecule has 0 amide bonds. The zero-order valence-electron chi connectivity index (χ0n) is 12.9. The molecule has 0 radical (unpaired) electrons. The van der Waals surface area contributed by atoms with Gasteiger partial charge < -0.3 is 10.2 Å². The molecule has 1 aromatic heterocycles. The van der Waals surface area contributed by atoms with E-state index in [1.165, 1.54) is 6.42 Å². The van der Waals surface area contributed by atoms with Crippen molar-refractivity contribution in [2.75, 3.05) is 24.5 Å². The van der Waals surface area contributed by atoms with Crippen LogP contribution in [0.1, 0.15) is 45.6 Å². The zero-order chi connectivity index (χ0) is 14.6. The molecule has 0 aliphatic carbocycles. The molecule has 0 bridgehead atoms. The molecule has 1 aliphatic rings. The number of aromatic nitrogens is 1. The maximum atomic E-state index is 14.6. The van der Waals surface area contributed by atoms with Gasteiger partial charge in [0.15, 0.2) is 11.6 Å². The van der Waals surface area contributed by atoms with Crippen molar-refractivity contribution < 1.29 is 4.39 Å². The smallest absolute Gasteiger partial charge is 0.170 e. The van der Waals surface area contributed by atoms with Crippen LogP contribution in [-0.4, -0.2) is 24.6 Å². The molecule has 1 saturated heterocycles. The monoisotopic (exact) mass is 279 g/mol. The third-order valence-electron chi connectivity index (χ3n) is 4.16. The summed E-state index contributed by atoms with van der Waals surface area (Å²) >= 11 is 0. The second kappa shape index (κ2) is 6.53. The Kier molecular flexibility index (Phi) is 4.97. The number of rotatable bonds is 4. The average Bonchev–Trinajstić information content (AvgIpc) is 2.59. The molecule has 2 rings (SSSR count). The summed E-state index contributed by atoms with van der Waals surface area (Å²) in [5.74, 6) is 0.367.